The van der Waals surface area contributed by atoms with E-state index in [4.69, 9.17) is 29.0 Å². The van der Waals surface area contributed by atoms with Crippen molar-refractivity contribution < 1.29 is 13.5 Å². The maximum atomic E-state index is 11.9. The molecule has 0 saturated heterocycles. The number of hydrogen-bond acceptors (Lipinski definition) is 4. The Bertz CT molecular complexity index is 351. The molecule has 1 heterocycles. The van der Waals surface area contributed by atoms with E-state index in [1.54, 1.807) is 0 Å². The van der Waals surface area contributed by atoms with Gasteiger partial charge >= 0.3 is 0 Å². The molecule has 0 saturated carbocycles. The quantitative estimate of drug-likeness (QED) is 0.642. The monoisotopic (exact) mass is 257 g/mol. The van der Waals surface area contributed by atoms with Crippen molar-refractivity contribution in [1.29, 1.82) is 0 Å². The number of anilines is 1. The van der Waals surface area contributed by atoms with Gasteiger partial charge in [0.15, 0.2) is 12.4 Å². The Morgan fingerprint density at radius 2 is 2.13 bits per heavy atom. The third kappa shape index (κ3) is 3.33. The molecule has 1 rings (SSSR count). The lowest BCUT2D eigenvalue weighted by Crippen LogP contribution is -2.12. The van der Waals surface area contributed by atoms with Crippen molar-refractivity contribution in [1.82, 2.24) is 4.98 Å². The highest BCUT2D eigenvalue weighted by molar-refractivity contribution is 6.36. The van der Waals surface area contributed by atoms with Crippen LogP contribution in [0.4, 0.5) is 14.6 Å². The number of halogens is 4. The van der Waals surface area contributed by atoms with E-state index in [1.165, 1.54) is 6.07 Å². The number of pyridine rings is 1. The van der Waals surface area contributed by atoms with Gasteiger partial charge in [0, 0.05) is 0 Å². The van der Waals surface area contributed by atoms with Crippen molar-refractivity contribution in [3.05, 3.63) is 16.1 Å². The zero-order chi connectivity index (χ0) is 11.4. The van der Waals surface area contributed by atoms with E-state index in [1.807, 2.05) is 0 Å². The molecular weight excluding hydrogens is 251 g/mol. The molecule has 1 aromatic rings. The van der Waals surface area contributed by atoms with Crippen LogP contribution < -0.4 is 16.0 Å². The molecule has 0 spiro atoms. The third-order valence-corrected chi connectivity index (χ3v) is 1.94. The van der Waals surface area contributed by atoms with Gasteiger partial charge in [0.2, 0.25) is 5.88 Å². The highest BCUT2D eigenvalue weighted by atomic mass is 35.5. The lowest BCUT2D eigenvalue weighted by atomic mass is 10.4. The summed E-state index contributed by atoms with van der Waals surface area (Å²) in [7, 11) is 0. The van der Waals surface area contributed by atoms with E-state index < -0.39 is 13.0 Å². The first-order chi connectivity index (χ1) is 7.04. The average Bonchev–Trinajstić information content (AvgIpc) is 2.16. The van der Waals surface area contributed by atoms with E-state index in [0.717, 1.165) is 0 Å². The second kappa shape index (κ2) is 5.29. The Hall–Kier alpha value is -0.850. The molecule has 0 aromatic carbocycles. The summed E-state index contributed by atoms with van der Waals surface area (Å²) < 4.78 is 28.4. The predicted molar refractivity (Wildman–Crippen MR) is 53.6 cm³/mol. The van der Waals surface area contributed by atoms with E-state index in [0.29, 0.717) is 0 Å². The molecule has 0 aliphatic heterocycles. The smallest absolute Gasteiger partial charge is 0.272 e. The number of ether oxygens (including phenoxy) is 1. The van der Waals surface area contributed by atoms with Crippen LogP contribution in [0.15, 0.2) is 6.07 Å². The van der Waals surface area contributed by atoms with Gasteiger partial charge in [-0.2, -0.15) is 4.98 Å². The van der Waals surface area contributed by atoms with Crippen molar-refractivity contribution in [2.75, 3.05) is 12.0 Å². The minimum absolute atomic E-state index is 0.0413. The Balaban J connectivity index is 2.87. The van der Waals surface area contributed by atoms with Gasteiger partial charge in [-0.25, -0.2) is 14.6 Å². The van der Waals surface area contributed by atoms with Gasteiger partial charge in [0.25, 0.3) is 6.43 Å². The summed E-state index contributed by atoms with van der Waals surface area (Å²) in [5, 5.41) is 0.214. The van der Waals surface area contributed by atoms with Gasteiger partial charge in [-0.3, -0.25) is 0 Å². The number of nitrogen functional groups attached to an aromatic ring is 1. The summed E-state index contributed by atoms with van der Waals surface area (Å²) in [4.78, 5) is 3.71. The largest absolute Gasteiger partial charge is 0.470 e. The molecule has 0 aliphatic rings. The number of nitrogens with two attached hydrogens (primary N) is 1. The van der Waals surface area contributed by atoms with Crippen molar-refractivity contribution >= 4 is 29.0 Å². The van der Waals surface area contributed by atoms with E-state index in [2.05, 4.69) is 15.1 Å². The van der Waals surface area contributed by atoms with E-state index >= 15 is 0 Å². The summed E-state index contributed by atoms with van der Waals surface area (Å²) in [5.74, 6) is 5.04. The molecule has 84 valence electrons. The van der Waals surface area contributed by atoms with E-state index in [9.17, 15) is 8.78 Å². The number of aromatic nitrogens is 1. The molecular formula is C7H7Cl2F2N3O. The molecule has 0 amide bonds. The van der Waals surface area contributed by atoms with Crippen molar-refractivity contribution in [3.63, 3.8) is 0 Å². The van der Waals surface area contributed by atoms with Crippen LogP contribution in [0.1, 0.15) is 0 Å². The Morgan fingerprint density at radius 1 is 1.47 bits per heavy atom. The molecule has 0 aliphatic carbocycles. The average molecular weight is 258 g/mol. The van der Waals surface area contributed by atoms with Crippen molar-refractivity contribution in [3.8, 4) is 5.88 Å². The zero-order valence-corrected chi connectivity index (χ0v) is 8.82. The number of nitrogens with zero attached hydrogens (tertiary/aromatic N) is 1. The summed E-state index contributed by atoms with van der Waals surface area (Å²) in [6, 6.07) is 1.30. The first kappa shape index (κ1) is 12.2. The molecule has 4 nitrogen and oxygen atoms in total. The van der Waals surface area contributed by atoms with Crippen molar-refractivity contribution in [2.45, 2.75) is 6.43 Å². The Labute approximate surface area is 94.3 Å². The predicted octanol–water partition coefficient (Wildman–Crippen LogP) is 2.32. The van der Waals surface area contributed by atoms with Crippen LogP contribution >= 0.6 is 23.2 Å². The van der Waals surface area contributed by atoms with Gasteiger partial charge in [-0.1, -0.05) is 23.2 Å². The second-order valence-electron chi connectivity index (χ2n) is 2.45. The summed E-state index contributed by atoms with van der Waals surface area (Å²) >= 11 is 11.3. The van der Waals surface area contributed by atoms with Crippen molar-refractivity contribution in [2.24, 2.45) is 5.84 Å². The van der Waals surface area contributed by atoms with Gasteiger partial charge in [0.1, 0.15) is 5.02 Å². The fourth-order valence-corrected chi connectivity index (χ4v) is 1.26. The number of rotatable bonds is 4. The topological polar surface area (TPSA) is 60.2 Å². The van der Waals surface area contributed by atoms with Crippen LogP contribution in [0.2, 0.25) is 10.0 Å². The van der Waals surface area contributed by atoms with Gasteiger partial charge in [-0.15, -0.1) is 0 Å². The van der Waals surface area contributed by atoms with Crippen LogP contribution in [-0.4, -0.2) is 18.0 Å². The molecule has 0 radical (unpaired) electrons. The highest BCUT2D eigenvalue weighted by Gasteiger charge is 2.11. The summed E-state index contributed by atoms with van der Waals surface area (Å²) in [6.07, 6.45) is -2.60. The molecule has 0 atom stereocenters. The SMILES string of the molecule is NNc1nc(OCC(F)F)c(Cl)cc1Cl. The maximum Gasteiger partial charge on any atom is 0.272 e. The molecule has 1 aromatic heterocycles. The molecule has 8 heteroatoms. The Kier molecular flexibility index (Phi) is 4.31. The minimum atomic E-state index is -2.60. The third-order valence-electron chi connectivity index (χ3n) is 1.38. The number of hydrazine groups is 1. The zero-order valence-electron chi connectivity index (χ0n) is 7.31. The fraction of sp³-hybridized carbons (Fsp3) is 0.286. The van der Waals surface area contributed by atoms with Crippen LogP contribution in [0.25, 0.3) is 0 Å². The number of nitrogens with one attached hydrogen (secondary N) is 1. The second-order valence-corrected chi connectivity index (χ2v) is 3.27. The first-order valence-electron chi connectivity index (χ1n) is 3.78. The highest BCUT2D eigenvalue weighted by Crippen LogP contribution is 2.30. The lowest BCUT2D eigenvalue weighted by molar-refractivity contribution is 0.0797. The Morgan fingerprint density at radius 3 is 2.67 bits per heavy atom. The number of alkyl halides is 2. The summed E-state index contributed by atoms with van der Waals surface area (Å²) in [6.45, 7) is -0.793. The molecule has 0 unspecified atom stereocenters. The van der Waals surface area contributed by atoms with Gasteiger partial charge in [0.05, 0.1) is 5.02 Å². The van der Waals surface area contributed by atoms with E-state index in [-0.39, 0.29) is 21.7 Å². The van der Waals surface area contributed by atoms with Crippen LogP contribution in [-0.2, 0) is 0 Å². The molecule has 0 fully saturated rings. The van der Waals surface area contributed by atoms with Gasteiger partial charge < -0.3 is 10.2 Å². The first-order valence-corrected chi connectivity index (χ1v) is 4.53. The molecule has 15 heavy (non-hydrogen) atoms. The lowest BCUT2D eigenvalue weighted by Gasteiger charge is -2.09. The normalized spacial score (nSPS) is 10.5. The summed E-state index contributed by atoms with van der Waals surface area (Å²) in [5.41, 5.74) is 2.18. The maximum absolute atomic E-state index is 11.9. The molecule has 0 bridgehead atoms. The molecule has 3 N–H and O–H groups in total. The fourth-order valence-electron chi connectivity index (χ4n) is 0.794. The van der Waals surface area contributed by atoms with Crippen LogP contribution in [0, 0.1) is 0 Å². The number of hydrogen-bond donors (Lipinski definition) is 2. The van der Waals surface area contributed by atoms with Gasteiger partial charge in [-0.05, 0) is 6.07 Å². The van der Waals surface area contributed by atoms with Crippen LogP contribution in [0.5, 0.6) is 5.88 Å². The standard InChI is InChI=1S/C7H7Cl2F2N3O/c8-3-1-4(9)7(13-6(3)14-12)15-2-5(10)11/h1,5H,2,12H2,(H,13,14). The van der Waals surface area contributed by atoms with Crippen LogP contribution in [0.3, 0.4) is 0 Å². The minimum Gasteiger partial charge on any atom is -0.470 e.